The average Bonchev–Trinajstić information content (AvgIpc) is 3.25. The second-order valence-electron chi connectivity index (χ2n) is 5.88. The SMILES string of the molecule is CCCC(CCO)CNC(=O)NC1CC1c1ccccc1. The van der Waals surface area contributed by atoms with Gasteiger partial charge < -0.3 is 15.7 Å². The molecule has 0 heterocycles. The fraction of sp³-hybridized carbons (Fsp3) is 0.588. The summed E-state index contributed by atoms with van der Waals surface area (Å²) in [6, 6.07) is 10.5. The molecule has 3 atom stereocenters. The smallest absolute Gasteiger partial charge is 0.315 e. The number of hydrogen-bond donors (Lipinski definition) is 3. The minimum Gasteiger partial charge on any atom is -0.396 e. The molecule has 3 unspecified atom stereocenters. The number of nitrogens with one attached hydrogen (secondary N) is 2. The molecule has 0 aliphatic heterocycles. The number of carbonyl (C=O) groups is 1. The number of carbonyl (C=O) groups excluding carboxylic acids is 1. The number of rotatable bonds is 8. The van der Waals surface area contributed by atoms with Gasteiger partial charge in [0.25, 0.3) is 0 Å². The Hall–Kier alpha value is -1.55. The van der Waals surface area contributed by atoms with Crippen LogP contribution in [0, 0.1) is 5.92 Å². The van der Waals surface area contributed by atoms with Gasteiger partial charge in [-0.05, 0) is 30.7 Å². The highest BCUT2D eigenvalue weighted by Crippen LogP contribution is 2.40. The zero-order chi connectivity index (χ0) is 15.1. The highest BCUT2D eigenvalue weighted by molar-refractivity contribution is 5.74. The summed E-state index contributed by atoms with van der Waals surface area (Å²) in [5.41, 5.74) is 1.30. The Morgan fingerprint density at radius 3 is 2.76 bits per heavy atom. The van der Waals surface area contributed by atoms with E-state index >= 15 is 0 Å². The number of amides is 2. The molecule has 0 radical (unpaired) electrons. The van der Waals surface area contributed by atoms with Crippen LogP contribution in [-0.4, -0.2) is 30.3 Å². The van der Waals surface area contributed by atoms with Crippen LogP contribution in [0.5, 0.6) is 0 Å². The summed E-state index contributed by atoms with van der Waals surface area (Å²) in [7, 11) is 0. The highest BCUT2D eigenvalue weighted by atomic mass is 16.3. The first-order chi connectivity index (χ1) is 10.2. The first-order valence-corrected chi connectivity index (χ1v) is 7.94. The van der Waals surface area contributed by atoms with E-state index in [2.05, 4.69) is 29.7 Å². The maximum Gasteiger partial charge on any atom is 0.315 e. The molecule has 1 aliphatic carbocycles. The van der Waals surface area contributed by atoms with Gasteiger partial charge in [0, 0.05) is 25.1 Å². The summed E-state index contributed by atoms with van der Waals surface area (Å²) in [5.74, 6) is 0.829. The number of aliphatic hydroxyl groups excluding tert-OH is 1. The lowest BCUT2D eigenvalue weighted by Gasteiger charge is -2.16. The quantitative estimate of drug-likeness (QED) is 0.689. The van der Waals surface area contributed by atoms with E-state index in [0.717, 1.165) is 25.7 Å². The molecular weight excluding hydrogens is 264 g/mol. The van der Waals surface area contributed by atoms with Gasteiger partial charge in [-0.3, -0.25) is 0 Å². The molecule has 0 aromatic heterocycles. The van der Waals surface area contributed by atoms with Crippen LogP contribution in [0.2, 0.25) is 0 Å². The lowest BCUT2D eigenvalue weighted by atomic mass is 10.0. The molecule has 2 amide bonds. The van der Waals surface area contributed by atoms with Gasteiger partial charge >= 0.3 is 6.03 Å². The van der Waals surface area contributed by atoms with Crippen LogP contribution in [0.4, 0.5) is 4.79 Å². The monoisotopic (exact) mass is 290 g/mol. The largest absolute Gasteiger partial charge is 0.396 e. The molecule has 1 fully saturated rings. The summed E-state index contributed by atoms with van der Waals surface area (Å²) in [5, 5.41) is 15.0. The van der Waals surface area contributed by atoms with Gasteiger partial charge in [-0.2, -0.15) is 0 Å². The zero-order valence-corrected chi connectivity index (χ0v) is 12.7. The molecule has 1 aromatic rings. The fourth-order valence-corrected chi connectivity index (χ4v) is 2.82. The minimum atomic E-state index is -0.0857. The molecule has 21 heavy (non-hydrogen) atoms. The van der Waals surface area contributed by atoms with Crippen molar-refractivity contribution in [2.45, 2.75) is 44.6 Å². The van der Waals surface area contributed by atoms with Crippen molar-refractivity contribution >= 4 is 6.03 Å². The van der Waals surface area contributed by atoms with E-state index in [-0.39, 0.29) is 18.7 Å². The minimum absolute atomic E-state index is 0.0857. The van der Waals surface area contributed by atoms with Crippen LogP contribution in [-0.2, 0) is 0 Å². The van der Waals surface area contributed by atoms with Crippen LogP contribution in [0.1, 0.15) is 44.1 Å². The van der Waals surface area contributed by atoms with Gasteiger partial charge in [0.15, 0.2) is 0 Å². The molecule has 1 saturated carbocycles. The van der Waals surface area contributed by atoms with Crippen molar-refractivity contribution in [3.05, 3.63) is 35.9 Å². The third-order valence-electron chi connectivity index (χ3n) is 4.12. The lowest BCUT2D eigenvalue weighted by Crippen LogP contribution is -2.39. The van der Waals surface area contributed by atoms with E-state index < -0.39 is 0 Å². The van der Waals surface area contributed by atoms with Crippen molar-refractivity contribution in [1.29, 1.82) is 0 Å². The van der Waals surface area contributed by atoms with E-state index in [0.29, 0.717) is 18.4 Å². The predicted molar refractivity (Wildman–Crippen MR) is 84.2 cm³/mol. The molecule has 3 N–H and O–H groups in total. The van der Waals surface area contributed by atoms with E-state index in [9.17, 15) is 4.79 Å². The summed E-state index contributed by atoms with van der Waals surface area (Å²) in [6.07, 6.45) is 3.89. The Balaban J connectivity index is 1.69. The van der Waals surface area contributed by atoms with Crippen molar-refractivity contribution < 1.29 is 9.90 Å². The third kappa shape index (κ3) is 5.05. The predicted octanol–water partition coefficient (Wildman–Crippen LogP) is 2.64. The molecule has 0 spiro atoms. The average molecular weight is 290 g/mol. The molecule has 2 rings (SSSR count). The van der Waals surface area contributed by atoms with Gasteiger partial charge in [-0.15, -0.1) is 0 Å². The standard InChI is InChI=1S/C17H26N2O2/c1-2-6-13(9-10-20)12-18-17(21)19-16-11-15(16)14-7-4-3-5-8-14/h3-5,7-8,13,15-16,20H,2,6,9-12H2,1H3,(H2,18,19,21). The van der Waals surface area contributed by atoms with Crippen molar-refractivity contribution in [2.75, 3.05) is 13.2 Å². The van der Waals surface area contributed by atoms with E-state index in [4.69, 9.17) is 5.11 Å². The maximum atomic E-state index is 11.9. The van der Waals surface area contributed by atoms with Gasteiger partial charge in [0.05, 0.1) is 0 Å². The topological polar surface area (TPSA) is 61.4 Å². The van der Waals surface area contributed by atoms with Crippen LogP contribution < -0.4 is 10.6 Å². The molecule has 4 heteroatoms. The number of hydrogen-bond acceptors (Lipinski definition) is 2. The van der Waals surface area contributed by atoms with Crippen molar-refractivity contribution in [3.63, 3.8) is 0 Å². The molecule has 0 saturated heterocycles. The Kier molecular flexibility index (Phi) is 6.05. The second-order valence-corrected chi connectivity index (χ2v) is 5.88. The fourth-order valence-electron chi connectivity index (χ4n) is 2.82. The van der Waals surface area contributed by atoms with Crippen LogP contribution in [0.15, 0.2) is 30.3 Å². The maximum absolute atomic E-state index is 11.9. The third-order valence-corrected chi connectivity index (χ3v) is 4.12. The van der Waals surface area contributed by atoms with E-state index in [1.165, 1.54) is 5.56 Å². The van der Waals surface area contributed by atoms with Crippen LogP contribution in [0.3, 0.4) is 0 Å². The molecule has 116 valence electrons. The van der Waals surface area contributed by atoms with E-state index in [1.807, 2.05) is 18.2 Å². The van der Waals surface area contributed by atoms with Gasteiger partial charge in [0.1, 0.15) is 0 Å². The van der Waals surface area contributed by atoms with Crippen molar-refractivity contribution in [2.24, 2.45) is 5.92 Å². The molecular formula is C17H26N2O2. The summed E-state index contributed by atoms with van der Waals surface area (Å²) < 4.78 is 0. The highest BCUT2D eigenvalue weighted by Gasteiger charge is 2.39. The number of urea groups is 1. The normalized spacial score (nSPS) is 21.6. The number of benzene rings is 1. The summed E-state index contributed by atoms with van der Waals surface area (Å²) in [4.78, 5) is 11.9. The van der Waals surface area contributed by atoms with Crippen molar-refractivity contribution in [1.82, 2.24) is 10.6 Å². The molecule has 0 bridgehead atoms. The number of aliphatic hydroxyl groups is 1. The van der Waals surface area contributed by atoms with Crippen LogP contribution in [0.25, 0.3) is 0 Å². The van der Waals surface area contributed by atoms with Crippen LogP contribution >= 0.6 is 0 Å². The Morgan fingerprint density at radius 1 is 1.33 bits per heavy atom. The lowest BCUT2D eigenvalue weighted by molar-refractivity contribution is 0.229. The van der Waals surface area contributed by atoms with Gasteiger partial charge in [0.2, 0.25) is 0 Å². The Bertz CT molecular complexity index is 430. The second kappa shape index (κ2) is 8.03. The van der Waals surface area contributed by atoms with Gasteiger partial charge in [-0.25, -0.2) is 4.79 Å². The summed E-state index contributed by atoms with van der Waals surface area (Å²) >= 11 is 0. The molecule has 4 nitrogen and oxygen atoms in total. The molecule has 1 aliphatic rings. The van der Waals surface area contributed by atoms with E-state index in [1.54, 1.807) is 0 Å². The van der Waals surface area contributed by atoms with Crippen molar-refractivity contribution in [3.8, 4) is 0 Å². The zero-order valence-electron chi connectivity index (χ0n) is 12.7. The first-order valence-electron chi connectivity index (χ1n) is 7.94. The first kappa shape index (κ1) is 15.8. The summed E-state index contributed by atoms with van der Waals surface area (Å²) in [6.45, 7) is 2.95. The van der Waals surface area contributed by atoms with Gasteiger partial charge in [-0.1, -0.05) is 43.7 Å². The molecule has 1 aromatic carbocycles. The Labute approximate surface area is 126 Å². The Morgan fingerprint density at radius 2 is 2.10 bits per heavy atom.